The second kappa shape index (κ2) is 4.42. The van der Waals surface area contributed by atoms with E-state index in [2.05, 4.69) is 4.98 Å². The molecule has 2 aromatic rings. The van der Waals surface area contributed by atoms with Crippen LogP contribution in [0.2, 0.25) is 0 Å². The standard InChI is InChI=1S/C13H11NO/c15-13-8-9-14-10-12(13)7-6-11-4-2-1-3-5-11/h1-10H,(H,14,15)/b7-6+. The van der Waals surface area contributed by atoms with Gasteiger partial charge in [0.1, 0.15) is 0 Å². The molecule has 1 heterocycles. The summed E-state index contributed by atoms with van der Waals surface area (Å²) < 4.78 is 0. The SMILES string of the molecule is O=c1cc[nH]cc1/C=C/c1ccccc1. The van der Waals surface area contributed by atoms with Crippen molar-refractivity contribution in [3.63, 3.8) is 0 Å². The molecule has 0 aliphatic carbocycles. The van der Waals surface area contributed by atoms with Crippen molar-refractivity contribution < 1.29 is 0 Å². The lowest BCUT2D eigenvalue weighted by molar-refractivity contribution is 1.29. The maximum atomic E-state index is 11.4. The number of hydrogen-bond donors (Lipinski definition) is 1. The number of rotatable bonds is 2. The minimum absolute atomic E-state index is 0.0286. The molecule has 0 aliphatic heterocycles. The van der Waals surface area contributed by atoms with Crippen molar-refractivity contribution >= 4 is 12.2 Å². The third-order valence-electron chi connectivity index (χ3n) is 2.11. The Balaban J connectivity index is 2.27. The quantitative estimate of drug-likeness (QED) is 0.788. The molecule has 1 N–H and O–H groups in total. The summed E-state index contributed by atoms with van der Waals surface area (Å²) in [5.41, 5.74) is 1.78. The van der Waals surface area contributed by atoms with Gasteiger partial charge in [-0.1, -0.05) is 36.4 Å². The van der Waals surface area contributed by atoms with E-state index in [-0.39, 0.29) is 5.43 Å². The summed E-state index contributed by atoms with van der Waals surface area (Å²) in [5, 5.41) is 0. The predicted molar refractivity (Wildman–Crippen MR) is 62.4 cm³/mol. The van der Waals surface area contributed by atoms with Gasteiger partial charge in [0.05, 0.1) is 0 Å². The molecule has 0 spiro atoms. The minimum Gasteiger partial charge on any atom is -0.367 e. The van der Waals surface area contributed by atoms with E-state index in [1.165, 1.54) is 6.07 Å². The molecule has 2 rings (SSSR count). The van der Waals surface area contributed by atoms with Crippen LogP contribution in [0, 0.1) is 0 Å². The zero-order valence-electron chi connectivity index (χ0n) is 8.18. The van der Waals surface area contributed by atoms with Gasteiger partial charge in [0.2, 0.25) is 0 Å². The van der Waals surface area contributed by atoms with Crippen molar-refractivity contribution in [2.75, 3.05) is 0 Å². The Kier molecular flexibility index (Phi) is 2.79. The molecule has 1 aromatic heterocycles. The first-order chi connectivity index (χ1) is 7.36. The summed E-state index contributed by atoms with van der Waals surface area (Å²) >= 11 is 0. The second-order valence-corrected chi connectivity index (χ2v) is 3.21. The van der Waals surface area contributed by atoms with Crippen molar-refractivity contribution in [2.24, 2.45) is 0 Å². The Labute approximate surface area is 87.9 Å². The van der Waals surface area contributed by atoms with Gasteiger partial charge >= 0.3 is 0 Å². The van der Waals surface area contributed by atoms with Crippen LogP contribution in [0.25, 0.3) is 12.2 Å². The number of aromatic amines is 1. The largest absolute Gasteiger partial charge is 0.367 e. The van der Waals surface area contributed by atoms with Crippen LogP contribution in [0.1, 0.15) is 11.1 Å². The number of hydrogen-bond acceptors (Lipinski definition) is 1. The number of benzene rings is 1. The Morgan fingerprint density at radius 2 is 1.80 bits per heavy atom. The van der Waals surface area contributed by atoms with E-state index < -0.39 is 0 Å². The highest BCUT2D eigenvalue weighted by atomic mass is 16.1. The molecular weight excluding hydrogens is 186 g/mol. The predicted octanol–water partition coefficient (Wildman–Crippen LogP) is 2.55. The second-order valence-electron chi connectivity index (χ2n) is 3.21. The fourth-order valence-electron chi connectivity index (χ4n) is 1.31. The number of pyridine rings is 1. The Hall–Kier alpha value is -2.09. The molecular formula is C13H11NO. The van der Waals surface area contributed by atoms with E-state index in [0.717, 1.165) is 5.56 Å². The van der Waals surface area contributed by atoms with E-state index in [1.54, 1.807) is 12.4 Å². The lowest BCUT2D eigenvalue weighted by Crippen LogP contribution is -2.01. The van der Waals surface area contributed by atoms with Crippen molar-refractivity contribution in [1.82, 2.24) is 4.98 Å². The van der Waals surface area contributed by atoms with E-state index in [1.807, 2.05) is 42.5 Å². The maximum Gasteiger partial charge on any atom is 0.188 e. The molecule has 2 nitrogen and oxygen atoms in total. The third-order valence-corrected chi connectivity index (χ3v) is 2.11. The highest BCUT2D eigenvalue weighted by Crippen LogP contribution is 2.03. The number of aromatic nitrogens is 1. The van der Waals surface area contributed by atoms with E-state index in [9.17, 15) is 4.79 Å². The summed E-state index contributed by atoms with van der Waals surface area (Å²) in [6.45, 7) is 0. The average Bonchev–Trinajstić information content (AvgIpc) is 2.29. The maximum absolute atomic E-state index is 11.4. The van der Waals surface area contributed by atoms with Gasteiger partial charge in [-0.2, -0.15) is 0 Å². The molecule has 0 saturated heterocycles. The first-order valence-corrected chi connectivity index (χ1v) is 4.76. The van der Waals surface area contributed by atoms with Gasteiger partial charge in [-0.05, 0) is 11.6 Å². The molecule has 0 fully saturated rings. The van der Waals surface area contributed by atoms with Gasteiger partial charge in [-0.3, -0.25) is 4.79 Å². The van der Waals surface area contributed by atoms with Crippen LogP contribution >= 0.6 is 0 Å². The highest BCUT2D eigenvalue weighted by molar-refractivity contribution is 5.68. The minimum atomic E-state index is 0.0286. The molecule has 0 atom stereocenters. The van der Waals surface area contributed by atoms with Crippen LogP contribution in [-0.4, -0.2) is 4.98 Å². The Morgan fingerprint density at radius 3 is 2.53 bits per heavy atom. The molecule has 0 aliphatic rings. The number of nitrogens with one attached hydrogen (secondary N) is 1. The molecule has 0 radical (unpaired) electrons. The van der Waals surface area contributed by atoms with Crippen LogP contribution in [-0.2, 0) is 0 Å². The van der Waals surface area contributed by atoms with Crippen LogP contribution in [0.3, 0.4) is 0 Å². The summed E-state index contributed by atoms with van der Waals surface area (Å²) in [6.07, 6.45) is 7.06. The fourth-order valence-corrected chi connectivity index (χ4v) is 1.31. The van der Waals surface area contributed by atoms with Crippen molar-refractivity contribution in [1.29, 1.82) is 0 Å². The zero-order chi connectivity index (χ0) is 10.5. The van der Waals surface area contributed by atoms with Gasteiger partial charge in [-0.15, -0.1) is 0 Å². The van der Waals surface area contributed by atoms with E-state index >= 15 is 0 Å². The topological polar surface area (TPSA) is 32.9 Å². The van der Waals surface area contributed by atoms with Crippen molar-refractivity contribution in [2.45, 2.75) is 0 Å². The van der Waals surface area contributed by atoms with Gasteiger partial charge < -0.3 is 4.98 Å². The molecule has 1 aromatic carbocycles. The zero-order valence-corrected chi connectivity index (χ0v) is 8.18. The molecule has 0 unspecified atom stereocenters. The van der Waals surface area contributed by atoms with E-state index in [4.69, 9.17) is 0 Å². The van der Waals surface area contributed by atoms with E-state index in [0.29, 0.717) is 5.56 Å². The first-order valence-electron chi connectivity index (χ1n) is 4.76. The third kappa shape index (κ3) is 2.44. The van der Waals surface area contributed by atoms with Crippen LogP contribution in [0.4, 0.5) is 0 Å². The summed E-state index contributed by atoms with van der Waals surface area (Å²) in [7, 11) is 0. The molecule has 0 bridgehead atoms. The van der Waals surface area contributed by atoms with Crippen LogP contribution in [0.5, 0.6) is 0 Å². The summed E-state index contributed by atoms with van der Waals surface area (Å²) in [5.74, 6) is 0. The molecule has 2 heteroatoms. The van der Waals surface area contributed by atoms with Crippen molar-refractivity contribution in [3.05, 3.63) is 70.1 Å². The molecule has 0 saturated carbocycles. The first kappa shape index (κ1) is 9.46. The molecule has 74 valence electrons. The molecule has 0 amide bonds. The molecule has 15 heavy (non-hydrogen) atoms. The summed E-state index contributed by atoms with van der Waals surface area (Å²) in [6, 6.07) is 11.4. The normalized spacial score (nSPS) is 10.7. The van der Waals surface area contributed by atoms with Gasteiger partial charge in [0, 0.05) is 24.0 Å². The average molecular weight is 197 g/mol. The van der Waals surface area contributed by atoms with Crippen LogP contribution in [0.15, 0.2) is 53.6 Å². The lowest BCUT2D eigenvalue weighted by Gasteiger charge is -1.92. The van der Waals surface area contributed by atoms with Gasteiger partial charge in [0.15, 0.2) is 5.43 Å². The monoisotopic (exact) mass is 197 g/mol. The fraction of sp³-hybridized carbons (Fsp3) is 0. The Morgan fingerprint density at radius 1 is 1.00 bits per heavy atom. The van der Waals surface area contributed by atoms with Crippen molar-refractivity contribution in [3.8, 4) is 0 Å². The smallest absolute Gasteiger partial charge is 0.188 e. The highest BCUT2D eigenvalue weighted by Gasteiger charge is 1.91. The Bertz CT molecular complexity index is 511. The van der Waals surface area contributed by atoms with Gasteiger partial charge in [0.25, 0.3) is 0 Å². The lowest BCUT2D eigenvalue weighted by atomic mass is 10.2. The van der Waals surface area contributed by atoms with Gasteiger partial charge in [-0.25, -0.2) is 0 Å². The van der Waals surface area contributed by atoms with Crippen LogP contribution < -0.4 is 5.43 Å². The summed E-state index contributed by atoms with van der Waals surface area (Å²) in [4.78, 5) is 14.3. The number of H-pyrrole nitrogens is 1.